The third-order valence-corrected chi connectivity index (χ3v) is 5.17. The molecule has 1 aliphatic rings. The van der Waals surface area contributed by atoms with Crippen molar-refractivity contribution in [2.75, 3.05) is 13.2 Å². The van der Waals surface area contributed by atoms with Gasteiger partial charge in [-0.1, -0.05) is 42.6 Å². The van der Waals surface area contributed by atoms with Gasteiger partial charge in [0.25, 0.3) is 5.91 Å². The number of aromatic nitrogens is 1. The fourth-order valence-electron chi connectivity index (χ4n) is 3.14. The summed E-state index contributed by atoms with van der Waals surface area (Å²) in [7, 11) is 0. The average molecular weight is 395 g/mol. The van der Waals surface area contributed by atoms with E-state index in [0.29, 0.717) is 35.5 Å². The van der Waals surface area contributed by atoms with Crippen LogP contribution < -0.4 is 0 Å². The van der Waals surface area contributed by atoms with Crippen molar-refractivity contribution in [3.05, 3.63) is 40.1 Å². The predicted molar refractivity (Wildman–Crippen MR) is 102 cm³/mol. The zero-order valence-electron chi connectivity index (χ0n) is 14.5. The maximum Gasteiger partial charge on any atom is 0.328 e. The first kappa shape index (κ1) is 18.9. The molecular weight excluding hydrogens is 375 g/mol. The van der Waals surface area contributed by atoms with E-state index in [4.69, 9.17) is 27.9 Å². The number of likely N-dealkylation sites (tertiary alicyclic amines) is 1. The van der Waals surface area contributed by atoms with Crippen LogP contribution in [0.2, 0.25) is 10.2 Å². The number of hydrogen-bond donors (Lipinski definition) is 0. The lowest BCUT2D eigenvalue weighted by Crippen LogP contribution is -2.41. The lowest BCUT2D eigenvalue weighted by molar-refractivity contribution is -0.148. The molecule has 1 amide bonds. The van der Waals surface area contributed by atoms with Gasteiger partial charge in [-0.05, 0) is 31.4 Å². The molecule has 5 nitrogen and oxygen atoms in total. The molecule has 1 fully saturated rings. The largest absolute Gasteiger partial charge is 0.464 e. The first-order valence-corrected chi connectivity index (χ1v) is 9.50. The molecule has 1 saturated heterocycles. The highest BCUT2D eigenvalue weighted by Crippen LogP contribution is 2.30. The maximum absolute atomic E-state index is 13.0. The number of nitrogens with zero attached hydrogens (tertiary/aromatic N) is 2. The molecule has 1 aromatic carbocycles. The predicted octanol–water partition coefficient (Wildman–Crippen LogP) is 4.49. The van der Waals surface area contributed by atoms with E-state index in [0.717, 1.165) is 24.6 Å². The highest BCUT2D eigenvalue weighted by molar-refractivity contribution is 6.39. The van der Waals surface area contributed by atoms with E-state index in [1.54, 1.807) is 23.1 Å². The molecule has 138 valence electrons. The number of carbonyl (C=O) groups excluding carboxylic acids is 2. The Kier molecular flexibility index (Phi) is 5.99. The molecule has 0 spiro atoms. The molecule has 0 bridgehead atoms. The molecule has 26 heavy (non-hydrogen) atoms. The van der Waals surface area contributed by atoms with Gasteiger partial charge in [0.2, 0.25) is 0 Å². The van der Waals surface area contributed by atoms with Gasteiger partial charge in [-0.3, -0.25) is 4.79 Å². The molecular formula is C19H20Cl2N2O3. The molecule has 0 saturated carbocycles. The number of pyridine rings is 1. The second-order valence-electron chi connectivity index (χ2n) is 6.33. The Morgan fingerprint density at radius 1 is 1.31 bits per heavy atom. The molecule has 0 aliphatic carbocycles. The summed E-state index contributed by atoms with van der Waals surface area (Å²) < 4.78 is 5.31. The standard InChI is InChI=1S/C19H20Cl2N2O3/c1-2-3-9-26-19(25)16-5-4-8-23(16)18(24)12-6-7-13-14(10-12)17(21)22-11-15(13)20/h6-7,10-11,16H,2-5,8-9H2,1H3/t16-/m1/s1. The van der Waals surface area contributed by atoms with Gasteiger partial charge in [0.05, 0.1) is 11.6 Å². The maximum atomic E-state index is 13.0. The topological polar surface area (TPSA) is 59.5 Å². The van der Waals surface area contributed by atoms with E-state index in [1.807, 2.05) is 6.92 Å². The molecule has 0 N–H and O–H groups in total. The van der Waals surface area contributed by atoms with Gasteiger partial charge >= 0.3 is 5.97 Å². The minimum Gasteiger partial charge on any atom is -0.464 e. The highest BCUT2D eigenvalue weighted by Gasteiger charge is 2.35. The molecule has 0 unspecified atom stereocenters. The number of ether oxygens (including phenoxy) is 1. The Morgan fingerprint density at radius 3 is 2.88 bits per heavy atom. The van der Waals surface area contributed by atoms with Gasteiger partial charge in [0.15, 0.2) is 0 Å². The van der Waals surface area contributed by atoms with E-state index >= 15 is 0 Å². The Morgan fingerprint density at radius 2 is 2.12 bits per heavy atom. The lowest BCUT2D eigenvalue weighted by Gasteiger charge is -2.23. The van der Waals surface area contributed by atoms with Gasteiger partial charge in [-0.25, -0.2) is 9.78 Å². The van der Waals surface area contributed by atoms with Crippen molar-refractivity contribution in [2.45, 2.75) is 38.6 Å². The highest BCUT2D eigenvalue weighted by atomic mass is 35.5. The van der Waals surface area contributed by atoms with E-state index < -0.39 is 6.04 Å². The number of amides is 1. The Balaban J connectivity index is 1.83. The van der Waals surface area contributed by atoms with Crippen LogP contribution in [0.15, 0.2) is 24.4 Å². The van der Waals surface area contributed by atoms with Gasteiger partial charge in [0.1, 0.15) is 11.2 Å². The fourth-order valence-corrected chi connectivity index (χ4v) is 3.56. The van der Waals surface area contributed by atoms with Crippen LogP contribution >= 0.6 is 23.2 Å². The Hall–Kier alpha value is -1.85. The van der Waals surface area contributed by atoms with Crippen LogP contribution in [0, 0.1) is 0 Å². The van der Waals surface area contributed by atoms with E-state index in [1.165, 1.54) is 6.20 Å². The molecule has 1 aromatic heterocycles. The van der Waals surface area contributed by atoms with Crippen LogP contribution in [0.3, 0.4) is 0 Å². The van der Waals surface area contributed by atoms with Gasteiger partial charge in [-0.2, -0.15) is 0 Å². The van der Waals surface area contributed by atoms with Crippen molar-refractivity contribution in [1.29, 1.82) is 0 Å². The summed E-state index contributed by atoms with van der Waals surface area (Å²) in [6, 6.07) is 4.60. The van der Waals surface area contributed by atoms with E-state index in [2.05, 4.69) is 4.98 Å². The summed E-state index contributed by atoms with van der Waals surface area (Å²) in [5.41, 5.74) is 0.455. The summed E-state index contributed by atoms with van der Waals surface area (Å²) in [5, 5.41) is 2.12. The molecule has 1 aliphatic heterocycles. The van der Waals surface area contributed by atoms with Gasteiger partial charge in [0, 0.05) is 29.1 Å². The number of rotatable bonds is 5. The van der Waals surface area contributed by atoms with Crippen molar-refractivity contribution < 1.29 is 14.3 Å². The minimum atomic E-state index is -0.525. The van der Waals surface area contributed by atoms with Crippen molar-refractivity contribution >= 4 is 45.9 Å². The van der Waals surface area contributed by atoms with E-state index in [9.17, 15) is 9.59 Å². The number of halogens is 2. The Bertz CT molecular complexity index is 841. The van der Waals surface area contributed by atoms with Crippen LogP contribution in [0.1, 0.15) is 43.0 Å². The summed E-state index contributed by atoms with van der Waals surface area (Å²) in [6.45, 7) is 2.96. The number of carbonyl (C=O) groups is 2. The SMILES string of the molecule is CCCCOC(=O)[C@H]1CCCN1C(=O)c1ccc2c(Cl)cnc(Cl)c2c1. The van der Waals surface area contributed by atoms with Crippen LogP contribution in [0.25, 0.3) is 10.8 Å². The molecule has 7 heteroatoms. The minimum absolute atomic E-state index is 0.210. The Labute approximate surface area is 162 Å². The van der Waals surface area contributed by atoms with Gasteiger partial charge < -0.3 is 9.64 Å². The molecule has 0 radical (unpaired) electrons. The quantitative estimate of drug-likeness (QED) is 0.425. The number of hydrogen-bond acceptors (Lipinski definition) is 4. The first-order chi connectivity index (χ1) is 12.5. The molecule has 2 aromatic rings. The van der Waals surface area contributed by atoms with Crippen LogP contribution in [0.5, 0.6) is 0 Å². The molecule has 3 rings (SSSR count). The number of esters is 1. The van der Waals surface area contributed by atoms with Crippen molar-refractivity contribution in [1.82, 2.24) is 9.88 Å². The van der Waals surface area contributed by atoms with Crippen LogP contribution in [0.4, 0.5) is 0 Å². The van der Waals surface area contributed by atoms with Crippen molar-refractivity contribution in [2.24, 2.45) is 0 Å². The molecule has 2 heterocycles. The van der Waals surface area contributed by atoms with Crippen molar-refractivity contribution in [3.63, 3.8) is 0 Å². The number of benzene rings is 1. The second kappa shape index (κ2) is 8.23. The summed E-state index contributed by atoms with van der Waals surface area (Å²) in [4.78, 5) is 30.9. The van der Waals surface area contributed by atoms with E-state index in [-0.39, 0.29) is 17.0 Å². The third kappa shape index (κ3) is 3.79. The van der Waals surface area contributed by atoms with Crippen molar-refractivity contribution in [3.8, 4) is 0 Å². The molecule has 1 atom stereocenters. The lowest BCUT2D eigenvalue weighted by atomic mass is 10.1. The zero-order chi connectivity index (χ0) is 18.7. The third-order valence-electron chi connectivity index (χ3n) is 4.57. The summed E-state index contributed by atoms with van der Waals surface area (Å²) in [5.74, 6) is -0.536. The fraction of sp³-hybridized carbons (Fsp3) is 0.421. The monoisotopic (exact) mass is 394 g/mol. The zero-order valence-corrected chi connectivity index (χ0v) is 16.0. The average Bonchev–Trinajstić information content (AvgIpc) is 3.14. The summed E-state index contributed by atoms with van der Waals surface area (Å²) >= 11 is 12.3. The smallest absolute Gasteiger partial charge is 0.328 e. The second-order valence-corrected chi connectivity index (χ2v) is 7.10. The van der Waals surface area contributed by atoms with Crippen LogP contribution in [-0.2, 0) is 9.53 Å². The summed E-state index contributed by atoms with van der Waals surface area (Å²) in [6.07, 6.45) is 4.66. The first-order valence-electron chi connectivity index (χ1n) is 8.74. The normalized spacial score (nSPS) is 16.9. The van der Waals surface area contributed by atoms with Gasteiger partial charge in [-0.15, -0.1) is 0 Å². The number of fused-ring (bicyclic) bond motifs is 1. The number of unbranched alkanes of at least 4 members (excludes halogenated alkanes) is 1. The van der Waals surface area contributed by atoms with Crippen LogP contribution in [-0.4, -0.2) is 41.0 Å².